The Balaban J connectivity index is 2.21. The van der Waals surface area contributed by atoms with Crippen LogP contribution in [-0.2, 0) is 0 Å². The maximum absolute atomic E-state index is 7.69. The third-order valence-electron chi connectivity index (χ3n) is 3.82. The van der Waals surface area contributed by atoms with Gasteiger partial charge < -0.3 is 10.5 Å². The van der Waals surface area contributed by atoms with Crippen LogP contribution in [0.5, 0.6) is 5.75 Å². The van der Waals surface area contributed by atoms with Gasteiger partial charge in [-0.15, -0.1) is 0 Å². The Hall–Kier alpha value is -1.58. The van der Waals surface area contributed by atoms with Crippen LogP contribution in [0.1, 0.15) is 49.6 Å². The van der Waals surface area contributed by atoms with Gasteiger partial charge >= 0.3 is 0 Å². The van der Waals surface area contributed by atoms with E-state index in [4.69, 9.17) is 15.9 Å². The van der Waals surface area contributed by atoms with E-state index in [0.29, 0.717) is 5.56 Å². The first-order valence-electron chi connectivity index (χ1n) is 6.96. The Morgan fingerprint density at radius 3 is 2.53 bits per heavy atom. The second-order valence-electron chi connectivity index (χ2n) is 5.64. The van der Waals surface area contributed by atoms with Gasteiger partial charge in [0.2, 0.25) is 0 Å². The molecule has 1 saturated carbocycles. The third kappa shape index (κ3) is 3.25. The standard InChI is InChI=1S/C15H23N3O/c1-9-4-6-12(7-5-9)19-13-8-10(2)18-11(3)14(13)15(16)17/h8-9,12H,4-7H2,1-3H3,(H3,16,17). The molecule has 1 aliphatic carbocycles. The number of rotatable bonds is 3. The molecule has 1 heterocycles. The molecular weight excluding hydrogens is 238 g/mol. The zero-order valence-corrected chi connectivity index (χ0v) is 12.0. The van der Waals surface area contributed by atoms with Crippen LogP contribution in [0, 0.1) is 25.2 Å². The quantitative estimate of drug-likeness (QED) is 0.649. The predicted molar refractivity (Wildman–Crippen MR) is 76.8 cm³/mol. The second-order valence-corrected chi connectivity index (χ2v) is 5.64. The van der Waals surface area contributed by atoms with Gasteiger partial charge in [-0.25, -0.2) is 0 Å². The minimum atomic E-state index is 0.0316. The van der Waals surface area contributed by atoms with Gasteiger partial charge in [0, 0.05) is 11.8 Å². The Morgan fingerprint density at radius 1 is 1.32 bits per heavy atom. The lowest BCUT2D eigenvalue weighted by molar-refractivity contribution is 0.135. The van der Waals surface area contributed by atoms with Crippen LogP contribution in [0.3, 0.4) is 0 Å². The van der Waals surface area contributed by atoms with Gasteiger partial charge in [0.25, 0.3) is 0 Å². The van der Waals surface area contributed by atoms with E-state index in [1.807, 2.05) is 19.9 Å². The molecular formula is C15H23N3O. The van der Waals surface area contributed by atoms with Crippen molar-refractivity contribution in [3.05, 3.63) is 23.0 Å². The topological polar surface area (TPSA) is 72.0 Å². The molecule has 0 atom stereocenters. The van der Waals surface area contributed by atoms with Crippen molar-refractivity contribution in [3.8, 4) is 5.75 Å². The van der Waals surface area contributed by atoms with Crippen molar-refractivity contribution >= 4 is 5.84 Å². The van der Waals surface area contributed by atoms with E-state index in [-0.39, 0.29) is 11.9 Å². The molecule has 4 nitrogen and oxygen atoms in total. The summed E-state index contributed by atoms with van der Waals surface area (Å²) in [6, 6.07) is 1.89. The summed E-state index contributed by atoms with van der Waals surface area (Å²) in [7, 11) is 0. The number of aryl methyl sites for hydroxylation is 2. The van der Waals surface area contributed by atoms with Gasteiger partial charge in [0.1, 0.15) is 11.6 Å². The summed E-state index contributed by atoms with van der Waals surface area (Å²) in [5.41, 5.74) is 7.97. The third-order valence-corrected chi connectivity index (χ3v) is 3.82. The summed E-state index contributed by atoms with van der Waals surface area (Å²) >= 11 is 0. The predicted octanol–water partition coefficient (Wildman–Crippen LogP) is 2.94. The highest BCUT2D eigenvalue weighted by Gasteiger charge is 2.22. The molecule has 0 unspecified atom stereocenters. The normalized spacial score (nSPS) is 23.1. The number of hydrogen-bond donors (Lipinski definition) is 2. The monoisotopic (exact) mass is 261 g/mol. The molecule has 0 aliphatic heterocycles. The van der Waals surface area contributed by atoms with Crippen molar-refractivity contribution in [1.29, 1.82) is 5.41 Å². The van der Waals surface area contributed by atoms with E-state index >= 15 is 0 Å². The maximum atomic E-state index is 7.69. The van der Waals surface area contributed by atoms with Crippen molar-refractivity contribution in [2.45, 2.75) is 52.6 Å². The van der Waals surface area contributed by atoms with Crippen molar-refractivity contribution in [1.82, 2.24) is 4.98 Å². The van der Waals surface area contributed by atoms with Crippen LogP contribution >= 0.6 is 0 Å². The second kappa shape index (κ2) is 5.59. The number of ether oxygens (including phenoxy) is 1. The minimum absolute atomic E-state index is 0.0316. The fraction of sp³-hybridized carbons (Fsp3) is 0.600. The van der Waals surface area contributed by atoms with E-state index in [1.54, 1.807) is 0 Å². The summed E-state index contributed by atoms with van der Waals surface area (Å²) in [5.74, 6) is 1.55. The molecule has 1 aliphatic rings. The van der Waals surface area contributed by atoms with Gasteiger partial charge in [-0.05, 0) is 45.4 Å². The number of nitrogen functional groups attached to an aromatic ring is 1. The highest BCUT2D eigenvalue weighted by atomic mass is 16.5. The van der Waals surface area contributed by atoms with Crippen molar-refractivity contribution in [3.63, 3.8) is 0 Å². The summed E-state index contributed by atoms with van der Waals surface area (Å²) in [4.78, 5) is 4.36. The molecule has 0 amide bonds. The lowest BCUT2D eigenvalue weighted by atomic mass is 9.89. The van der Waals surface area contributed by atoms with Crippen LogP contribution < -0.4 is 10.5 Å². The smallest absolute Gasteiger partial charge is 0.134 e. The van der Waals surface area contributed by atoms with E-state index in [9.17, 15) is 0 Å². The number of nitrogens with zero attached hydrogens (tertiary/aromatic N) is 1. The molecule has 1 fully saturated rings. The molecule has 4 heteroatoms. The summed E-state index contributed by atoms with van der Waals surface area (Å²) in [6.45, 7) is 6.10. The van der Waals surface area contributed by atoms with E-state index in [0.717, 1.165) is 35.9 Å². The zero-order valence-electron chi connectivity index (χ0n) is 12.0. The van der Waals surface area contributed by atoms with Crippen molar-refractivity contribution in [2.75, 3.05) is 0 Å². The Labute approximate surface area is 114 Å². The van der Waals surface area contributed by atoms with Crippen LogP contribution in [0.15, 0.2) is 6.07 Å². The number of nitrogens with two attached hydrogens (primary N) is 1. The minimum Gasteiger partial charge on any atom is -0.490 e. The maximum Gasteiger partial charge on any atom is 0.134 e. The Morgan fingerprint density at radius 2 is 1.95 bits per heavy atom. The lowest BCUT2D eigenvalue weighted by Crippen LogP contribution is -2.25. The molecule has 0 bridgehead atoms. The highest BCUT2D eigenvalue weighted by molar-refractivity contribution is 5.98. The average Bonchev–Trinajstić information content (AvgIpc) is 2.30. The molecule has 0 aromatic carbocycles. The van der Waals surface area contributed by atoms with Gasteiger partial charge in [-0.3, -0.25) is 10.4 Å². The van der Waals surface area contributed by atoms with Crippen LogP contribution in [-0.4, -0.2) is 16.9 Å². The van der Waals surface area contributed by atoms with E-state index in [1.165, 1.54) is 12.8 Å². The number of hydrogen-bond acceptors (Lipinski definition) is 3. The SMILES string of the molecule is Cc1cc(OC2CCC(C)CC2)c(C(=N)N)c(C)n1. The van der Waals surface area contributed by atoms with Gasteiger partial charge in [-0.1, -0.05) is 6.92 Å². The van der Waals surface area contributed by atoms with Crippen molar-refractivity contribution in [2.24, 2.45) is 11.7 Å². The molecule has 1 aromatic rings. The van der Waals surface area contributed by atoms with Gasteiger partial charge in [-0.2, -0.15) is 0 Å². The molecule has 2 rings (SSSR count). The molecule has 19 heavy (non-hydrogen) atoms. The Kier molecular flexibility index (Phi) is 4.08. The average molecular weight is 261 g/mol. The van der Waals surface area contributed by atoms with Crippen LogP contribution in [0.4, 0.5) is 0 Å². The number of amidine groups is 1. The first kappa shape index (κ1) is 13.8. The summed E-state index contributed by atoms with van der Waals surface area (Å²) in [5, 5.41) is 7.69. The number of aromatic nitrogens is 1. The lowest BCUT2D eigenvalue weighted by Gasteiger charge is -2.28. The van der Waals surface area contributed by atoms with Crippen LogP contribution in [0.2, 0.25) is 0 Å². The van der Waals surface area contributed by atoms with Gasteiger partial charge in [0.05, 0.1) is 17.4 Å². The molecule has 0 spiro atoms. The van der Waals surface area contributed by atoms with Crippen LogP contribution in [0.25, 0.3) is 0 Å². The van der Waals surface area contributed by atoms with E-state index in [2.05, 4.69) is 11.9 Å². The van der Waals surface area contributed by atoms with E-state index < -0.39 is 0 Å². The highest BCUT2D eigenvalue weighted by Crippen LogP contribution is 2.29. The molecule has 0 radical (unpaired) electrons. The first-order chi connectivity index (χ1) is 8.97. The Bertz CT molecular complexity index is 477. The number of pyridine rings is 1. The summed E-state index contributed by atoms with van der Waals surface area (Å²) < 4.78 is 6.10. The first-order valence-corrected chi connectivity index (χ1v) is 6.96. The number of nitrogens with one attached hydrogen (secondary N) is 1. The van der Waals surface area contributed by atoms with Crippen molar-refractivity contribution < 1.29 is 4.74 Å². The molecule has 1 aromatic heterocycles. The largest absolute Gasteiger partial charge is 0.490 e. The molecule has 3 N–H and O–H groups in total. The zero-order chi connectivity index (χ0) is 14.0. The van der Waals surface area contributed by atoms with Gasteiger partial charge in [0.15, 0.2) is 0 Å². The molecule has 0 saturated heterocycles. The molecule has 104 valence electrons. The fourth-order valence-corrected chi connectivity index (χ4v) is 2.74. The summed E-state index contributed by atoms with van der Waals surface area (Å²) in [6.07, 6.45) is 4.83. The fourth-order valence-electron chi connectivity index (χ4n) is 2.74.